The largest absolute Gasteiger partial charge is 0.340 e. The fraction of sp³-hybridized carbons (Fsp3) is 0.290. The van der Waals surface area contributed by atoms with Gasteiger partial charge in [0.15, 0.2) is 4.80 Å². The van der Waals surface area contributed by atoms with E-state index in [9.17, 15) is 4.79 Å². The zero-order valence-electron chi connectivity index (χ0n) is 21.7. The molecule has 0 bridgehead atoms. The highest BCUT2D eigenvalue weighted by molar-refractivity contribution is 7.07. The summed E-state index contributed by atoms with van der Waals surface area (Å²) in [7, 11) is 0. The summed E-state index contributed by atoms with van der Waals surface area (Å²) in [6, 6.07) is 26.3. The quantitative estimate of drug-likeness (QED) is 0.227. The SMILES string of the molecule is Cc1cc(C)cc(N=c2scc(C(=O)NC(c3ccccc3)c3ccccc3)n2CCCCCCN)c1. The van der Waals surface area contributed by atoms with Crippen LogP contribution in [0.4, 0.5) is 5.69 Å². The van der Waals surface area contributed by atoms with Crippen molar-refractivity contribution in [1.29, 1.82) is 0 Å². The third-order valence-corrected chi connectivity index (χ3v) is 7.20. The van der Waals surface area contributed by atoms with Crippen molar-refractivity contribution in [1.82, 2.24) is 9.88 Å². The van der Waals surface area contributed by atoms with Gasteiger partial charge in [-0.3, -0.25) is 4.79 Å². The number of carbonyl (C=O) groups is 1. The van der Waals surface area contributed by atoms with Gasteiger partial charge in [0, 0.05) is 11.9 Å². The van der Waals surface area contributed by atoms with E-state index in [0.717, 1.165) is 53.8 Å². The minimum Gasteiger partial charge on any atom is -0.340 e. The lowest BCUT2D eigenvalue weighted by molar-refractivity contribution is 0.0933. The van der Waals surface area contributed by atoms with Crippen LogP contribution in [0.2, 0.25) is 0 Å². The predicted molar refractivity (Wildman–Crippen MR) is 153 cm³/mol. The summed E-state index contributed by atoms with van der Waals surface area (Å²) < 4.78 is 2.08. The number of unbranched alkanes of at least 4 members (excludes halogenated alkanes) is 3. The molecule has 0 saturated carbocycles. The van der Waals surface area contributed by atoms with Crippen molar-refractivity contribution in [2.24, 2.45) is 10.7 Å². The lowest BCUT2D eigenvalue weighted by Crippen LogP contribution is -2.32. The first kappa shape index (κ1) is 26.6. The highest BCUT2D eigenvalue weighted by Gasteiger charge is 2.20. The van der Waals surface area contributed by atoms with Crippen LogP contribution in [0.1, 0.15) is 64.5 Å². The van der Waals surface area contributed by atoms with E-state index in [1.54, 1.807) is 0 Å². The summed E-state index contributed by atoms with van der Waals surface area (Å²) in [4.78, 5) is 19.5. The Labute approximate surface area is 223 Å². The van der Waals surface area contributed by atoms with Gasteiger partial charge in [0.2, 0.25) is 0 Å². The summed E-state index contributed by atoms with van der Waals surface area (Å²) >= 11 is 1.51. The fourth-order valence-electron chi connectivity index (χ4n) is 4.57. The highest BCUT2D eigenvalue weighted by atomic mass is 32.1. The molecule has 192 valence electrons. The smallest absolute Gasteiger partial charge is 0.269 e. The molecule has 1 amide bonds. The molecule has 4 rings (SSSR count). The van der Waals surface area contributed by atoms with E-state index < -0.39 is 0 Å². The first-order valence-electron chi connectivity index (χ1n) is 13.0. The van der Waals surface area contributed by atoms with Crippen LogP contribution in [0.25, 0.3) is 0 Å². The average Bonchev–Trinajstić information content (AvgIpc) is 3.29. The summed E-state index contributed by atoms with van der Waals surface area (Å²) in [6.07, 6.45) is 4.16. The van der Waals surface area contributed by atoms with Gasteiger partial charge in [-0.25, -0.2) is 4.99 Å². The number of carbonyl (C=O) groups excluding carboxylic acids is 1. The summed E-state index contributed by atoms with van der Waals surface area (Å²) in [5, 5.41) is 5.24. The van der Waals surface area contributed by atoms with E-state index >= 15 is 0 Å². The molecule has 0 radical (unpaired) electrons. The Hall–Kier alpha value is -3.48. The minimum absolute atomic E-state index is 0.0993. The molecule has 0 aliphatic rings. The van der Waals surface area contributed by atoms with E-state index in [0.29, 0.717) is 12.2 Å². The fourth-order valence-corrected chi connectivity index (χ4v) is 5.49. The zero-order valence-corrected chi connectivity index (χ0v) is 22.5. The molecule has 0 aliphatic carbocycles. The number of amides is 1. The number of hydrogen-bond acceptors (Lipinski definition) is 4. The van der Waals surface area contributed by atoms with Gasteiger partial charge in [-0.2, -0.15) is 0 Å². The van der Waals surface area contributed by atoms with Crippen LogP contribution in [0.15, 0.2) is 89.2 Å². The predicted octanol–water partition coefficient (Wildman–Crippen LogP) is 6.44. The molecule has 0 fully saturated rings. The summed E-state index contributed by atoms with van der Waals surface area (Å²) in [5.41, 5.74) is 11.7. The lowest BCUT2D eigenvalue weighted by Gasteiger charge is -2.20. The van der Waals surface area contributed by atoms with E-state index in [1.807, 2.05) is 41.8 Å². The zero-order chi connectivity index (χ0) is 26.0. The summed E-state index contributed by atoms with van der Waals surface area (Å²) in [5.74, 6) is -0.0993. The van der Waals surface area contributed by atoms with Crippen LogP contribution in [0.3, 0.4) is 0 Å². The molecule has 1 aromatic heterocycles. The van der Waals surface area contributed by atoms with Gasteiger partial charge < -0.3 is 15.6 Å². The van der Waals surface area contributed by atoms with Crippen LogP contribution in [0, 0.1) is 13.8 Å². The number of nitrogens with zero attached hydrogens (tertiary/aromatic N) is 2. The molecule has 1 heterocycles. The second-order valence-corrected chi connectivity index (χ2v) is 10.3. The van der Waals surface area contributed by atoms with Crippen LogP contribution in [0.5, 0.6) is 0 Å². The molecular weight excluding hydrogens is 476 g/mol. The molecule has 5 nitrogen and oxygen atoms in total. The minimum atomic E-state index is -0.243. The summed E-state index contributed by atoms with van der Waals surface area (Å²) in [6.45, 7) is 5.62. The Balaban J connectivity index is 1.67. The molecule has 0 aliphatic heterocycles. The van der Waals surface area contributed by atoms with Crippen LogP contribution >= 0.6 is 11.3 Å². The Morgan fingerprint density at radius 2 is 1.49 bits per heavy atom. The van der Waals surface area contributed by atoms with E-state index in [4.69, 9.17) is 10.7 Å². The topological polar surface area (TPSA) is 72.4 Å². The van der Waals surface area contributed by atoms with E-state index in [1.165, 1.54) is 22.5 Å². The number of rotatable bonds is 11. The maximum atomic E-state index is 13.7. The van der Waals surface area contributed by atoms with Crippen molar-refractivity contribution < 1.29 is 4.79 Å². The number of aryl methyl sites for hydroxylation is 2. The van der Waals surface area contributed by atoms with Crippen molar-refractivity contribution in [2.45, 2.75) is 52.1 Å². The molecule has 0 unspecified atom stereocenters. The van der Waals surface area contributed by atoms with Crippen LogP contribution in [-0.2, 0) is 6.54 Å². The van der Waals surface area contributed by atoms with Crippen molar-refractivity contribution in [3.05, 3.63) is 117 Å². The molecule has 37 heavy (non-hydrogen) atoms. The maximum Gasteiger partial charge on any atom is 0.269 e. The van der Waals surface area contributed by atoms with Crippen molar-refractivity contribution >= 4 is 22.9 Å². The first-order valence-corrected chi connectivity index (χ1v) is 13.9. The Morgan fingerprint density at radius 3 is 2.08 bits per heavy atom. The normalized spacial score (nSPS) is 11.7. The molecule has 0 saturated heterocycles. The lowest BCUT2D eigenvalue weighted by atomic mass is 9.98. The number of nitrogens with one attached hydrogen (secondary N) is 1. The highest BCUT2D eigenvalue weighted by Crippen LogP contribution is 2.23. The molecule has 3 N–H and O–H groups in total. The number of benzene rings is 3. The first-order chi connectivity index (χ1) is 18.0. The van der Waals surface area contributed by atoms with Crippen molar-refractivity contribution in [2.75, 3.05) is 6.54 Å². The Kier molecular flexibility index (Phi) is 9.46. The third-order valence-electron chi connectivity index (χ3n) is 6.34. The number of thiazole rings is 1. The number of aromatic nitrogens is 1. The van der Waals surface area contributed by atoms with Gasteiger partial charge >= 0.3 is 0 Å². The van der Waals surface area contributed by atoms with Crippen LogP contribution in [-0.4, -0.2) is 17.0 Å². The molecule has 0 spiro atoms. The monoisotopic (exact) mass is 512 g/mol. The second-order valence-electron chi connectivity index (χ2n) is 9.44. The number of nitrogens with two attached hydrogens (primary N) is 1. The van der Waals surface area contributed by atoms with Gasteiger partial charge in [-0.15, -0.1) is 11.3 Å². The average molecular weight is 513 g/mol. The third kappa shape index (κ3) is 7.28. The van der Waals surface area contributed by atoms with E-state index in [-0.39, 0.29) is 11.9 Å². The van der Waals surface area contributed by atoms with Crippen LogP contribution < -0.4 is 15.9 Å². The van der Waals surface area contributed by atoms with E-state index in [2.05, 4.69) is 66.2 Å². The second kappa shape index (κ2) is 13.2. The van der Waals surface area contributed by atoms with Gasteiger partial charge in [0.25, 0.3) is 5.91 Å². The van der Waals surface area contributed by atoms with Gasteiger partial charge in [0.05, 0.1) is 11.7 Å². The maximum absolute atomic E-state index is 13.7. The molecular formula is C31H36N4OS. The molecule has 4 aromatic rings. The van der Waals surface area contributed by atoms with Crippen molar-refractivity contribution in [3.8, 4) is 0 Å². The van der Waals surface area contributed by atoms with Gasteiger partial charge in [-0.1, -0.05) is 79.6 Å². The van der Waals surface area contributed by atoms with Gasteiger partial charge in [0.1, 0.15) is 5.69 Å². The van der Waals surface area contributed by atoms with Gasteiger partial charge in [-0.05, 0) is 67.6 Å². The Morgan fingerprint density at radius 1 is 0.892 bits per heavy atom. The molecule has 6 heteroatoms. The molecule has 3 aromatic carbocycles. The standard InChI is InChI=1S/C31H36N4OS/c1-23-19-24(2)21-27(20-23)33-31-35(18-12-4-3-11-17-32)28(22-37-31)30(36)34-29(25-13-7-5-8-14-25)26-15-9-6-10-16-26/h5-10,13-16,19-22,29H,3-4,11-12,17-18,32H2,1-2H3,(H,34,36). The Bertz CT molecular complexity index is 1300. The number of hydrogen-bond donors (Lipinski definition) is 2. The van der Waals surface area contributed by atoms with Crippen molar-refractivity contribution in [3.63, 3.8) is 0 Å². The molecule has 0 atom stereocenters.